The van der Waals surface area contributed by atoms with E-state index in [1.165, 1.54) is 26.4 Å². The molecule has 1 heterocycles. The lowest BCUT2D eigenvalue weighted by Gasteiger charge is -2.28. The standard InChI is InChI=1S/C18H22N2O5S/c1-4-17(18(21)25-3)20(13-14-6-5-11-19-12-14)26(22,23)16-9-7-15(24-2)8-10-16/h5-12,17H,4,13H2,1-3H3/t17-/m1/s1. The van der Waals surface area contributed by atoms with Crippen LogP contribution in [0.15, 0.2) is 53.7 Å². The first kappa shape index (κ1) is 19.9. The highest BCUT2D eigenvalue weighted by Crippen LogP contribution is 2.24. The van der Waals surface area contributed by atoms with Crippen molar-refractivity contribution in [2.75, 3.05) is 14.2 Å². The van der Waals surface area contributed by atoms with E-state index in [0.717, 1.165) is 4.31 Å². The van der Waals surface area contributed by atoms with Gasteiger partial charge in [-0.1, -0.05) is 13.0 Å². The predicted octanol–water partition coefficient (Wildman–Crippen LogP) is 2.23. The maximum atomic E-state index is 13.2. The van der Waals surface area contributed by atoms with Crippen LogP contribution in [0.5, 0.6) is 5.75 Å². The zero-order valence-electron chi connectivity index (χ0n) is 15.0. The van der Waals surface area contributed by atoms with Gasteiger partial charge in [-0.25, -0.2) is 8.42 Å². The first-order chi connectivity index (χ1) is 12.4. The Morgan fingerprint density at radius 1 is 1.19 bits per heavy atom. The fourth-order valence-electron chi connectivity index (χ4n) is 2.54. The summed E-state index contributed by atoms with van der Waals surface area (Å²) in [6.45, 7) is 1.75. The normalized spacial score (nSPS) is 12.6. The molecule has 0 spiro atoms. The Morgan fingerprint density at radius 3 is 2.38 bits per heavy atom. The van der Waals surface area contributed by atoms with Crippen LogP contribution in [-0.4, -0.2) is 43.9 Å². The van der Waals surface area contributed by atoms with Crippen molar-refractivity contribution in [1.82, 2.24) is 9.29 Å². The van der Waals surface area contributed by atoms with Crippen LogP contribution in [0.2, 0.25) is 0 Å². The minimum Gasteiger partial charge on any atom is -0.497 e. The van der Waals surface area contributed by atoms with Crippen LogP contribution in [0.1, 0.15) is 18.9 Å². The van der Waals surface area contributed by atoms with Crippen molar-refractivity contribution in [3.63, 3.8) is 0 Å². The molecule has 2 aromatic rings. The monoisotopic (exact) mass is 378 g/mol. The minimum atomic E-state index is -3.94. The summed E-state index contributed by atoms with van der Waals surface area (Å²) >= 11 is 0. The summed E-state index contributed by atoms with van der Waals surface area (Å²) in [5.41, 5.74) is 0.673. The van der Waals surface area contributed by atoms with Gasteiger partial charge >= 0.3 is 5.97 Å². The van der Waals surface area contributed by atoms with Crippen molar-refractivity contribution in [3.8, 4) is 5.75 Å². The number of methoxy groups -OCH3 is 2. The first-order valence-corrected chi connectivity index (χ1v) is 9.50. The Kier molecular flexibility index (Phi) is 6.70. The number of esters is 1. The molecule has 140 valence electrons. The molecule has 1 atom stereocenters. The molecule has 0 fully saturated rings. The number of sulfonamides is 1. The van der Waals surface area contributed by atoms with Crippen molar-refractivity contribution in [3.05, 3.63) is 54.4 Å². The Bertz CT molecular complexity index is 822. The number of hydrogen-bond acceptors (Lipinski definition) is 6. The highest BCUT2D eigenvalue weighted by molar-refractivity contribution is 7.89. The van der Waals surface area contributed by atoms with E-state index in [9.17, 15) is 13.2 Å². The van der Waals surface area contributed by atoms with E-state index < -0.39 is 22.0 Å². The number of pyridine rings is 1. The molecule has 0 bridgehead atoms. The molecular weight excluding hydrogens is 356 g/mol. The predicted molar refractivity (Wildman–Crippen MR) is 96.1 cm³/mol. The van der Waals surface area contributed by atoms with Gasteiger partial charge in [0.2, 0.25) is 10.0 Å². The molecule has 0 amide bonds. The van der Waals surface area contributed by atoms with Crippen LogP contribution in [0.4, 0.5) is 0 Å². The van der Waals surface area contributed by atoms with E-state index in [-0.39, 0.29) is 17.9 Å². The fourth-order valence-corrected chi connectivity index (χ4v) is 4.18. The van der Waals surface area contributed by atoms with Crippen LogP contribution in [-0.2, 0) is 26.1 Å². The molecule has 0 saturated carbocycles. The summed E-state index contributed by atoms with van der Waals surface area (Å²) < 4.78 is 37.5. The van der Waals surface area contributed by atoms with Crippen LogP contribution in [0.3, 0.4) is 0 Å². The number of carbonyl (C=O) groups is 1. The second-order valence-corrected chi connectivity index (χ2v) is 7.42. The largest absolute Gasteiger partial charge is 0.497 e. The third-order valence-corrected chi connectivity index (χ3v) is 5.80. The maximum absolute atomic E-state index is 13.2. The lowest BCUT2D eigenvalue weighted by molar-refractivity contribution is -0.145. The molecule has 0 unspecified atom stereocenters. The Balaban J connectivity index is 2.47. The van der Waals surface area contributed by atoms with Gasteiger partial charge in [0.15, 0.2) is 0 Å². The summed E-state index contributed by atoms with van der Waals surface area (Å²) in [5.74, 6) is -0.0590. The molecule has 7 nitrogen and oxygen atoms in total. The third-order valence-electron chi connectivity index (χ3n) is 3.93. The number of aromatic nitrogens is 1. The van der Waals surface area contributed by atoms with Gasteiger partial charge in [0.25, 0.3) is 0 Å². The van der Waals surface area contributed by atoms with Gasteiger partial charge in [0.1, 0.15) is 11.8 Å². The van der Waals surface area contributed by atoms with Crippen molar-refractivity contribution in [2.45, 2.75) is 30.8 Å². The van der Waals surface area contributed by atoms with E-state index >= 15 is 0 Å². The topological polar surface area (TPSA) is 85.8 Å². The highest BCUT2D eigenvalue weighted by atomic mass is 32.2. The van der Waals surface area contributed by atoms with Gasteiger partial charge in [-0.05, 0) is 42.3 Å². The average Bonchev–Trinajstić information content (AvgIpc) is 2.68. The number of hydrogen-bond donors (Lipinski definition) is 0. The molecule has 1 aromatic heterocycles. The molecule has 0 radical (unpaired) electrons. The Morgan fingerprint density at radius 2 is 1.88 bits per heavy atom. The number of nitrogens with zero attached hydrogens (tertiary/aromatic N) is 2. The fraction of sp³-hybridized carbons (Fsp3) is 0.333. The number of rotatable bonds is 8. The van der Waals surface area contributed by atoms with Gasteiger partial charge in [-0.2, -0.15) is 4.31 Å². The average molecular weight is 378 g/mol. The molecule has 0 aliphatic heterocycles. The smallest absolute Gasteiger partial charge is 0.324 e. The first-order valence-electron chi connectivity index (χ1n) is 8.06. The highest BCUT2D eigenvalue weighted by Gasteiger charge is 2.35. The summed E-state index contributed by atoms with van der Waals surface area (Å²) in [5, 5.41) is 0. The lowest BCUT2D eigenvalue weighted by atomic mass is 10.2. The number of ether oxygens (including phenoxy) is 2. The molecule has 26 heavy (non-hydrogen) atoms. The maximum Gasteiger partial charge on any atom is 0.324 e. The summed E-state index contributed by atoms with van der Waals surface area (Å²) in [4.78, 5) is 16.3. The summed E-state index contributed by atoms with van der Waals surface area (Å²) in [6.07, 6.45) is 3.45. The Hall–Kier alpha value is -2.45. The molecule has 2 rings (SSSR count). The number of benzene rings is 1. The molecule has 0 aliphatic rings. The third kappa shape index (κ3) is 4.39. The second-order valence-electron chi connectivity index (χ2n) is 5.53. The van der Waals surface area contributed by atoms with Crippen LogP contribution in [0.25, 0.3) is 0 Å². The van der Waals surface area contributed by atoms with Crippen molar-refractivity contribution in [1.29, 1.82) is 0 Å². The van der Waals surface area contributed by atoms with Gasteiger partial charge < -0.3 is 9.47 Å². The quantitative estimate of drug-likeness (QED) is 0.655. The molecule has 0 N–H and O–H groups in total. The van der Waals surface area contributed by atoms with Gasteiger partial charge in [0.05, 0.1) is 19.1 Å². The van der Waals surface area contributed by atoms with Gasteiger partial charge in [-0.3, -0.25) is 9.78 Å². The van der Waals surface area contributed by atoms with Gasteiger partial charge in [-0.15, -0.1) is 0 Å². The summed E-state index contributed by atoms with van der Waals surface area (Å²) in [6, 6.07) is 8.57. The van der Waals surface area contributed by atoms with Crippen LogP contribution < -0.4 is 4.74 Å². The van der Waals surface area contributed by atoms with E-state index in [1.807, 2.05) is 0 Å². The second kappa shape index (κ2) is 8.77. The van der Waals surface area contributed by atoms with E-state index in [0.29, 0.717) is 11.3 Å². The van der Waals surface area contributed by atoms with E-state index in [4.69, 9.17) is 9.47 Å². The summed E-state index contributed by atoms with van der Waals surface area (Å²) in [7, 11) is -1.20. The molecular formula is C18H22N2O5S. The van der Waals surface area contributed by atoms with Gasteiger partial charge in [0, 0.05) is 18.9 Å². The molecule has 0 aliphatic carbocycles. The van der Waals surface area contributed by atoms with Crippen molar-refractivity contribution >= 4 is 16.0 Å². The minimum absolute atomic E-state index is 0.00973. The number of carbonyl (C=O) groups excluding carboxylic acids is 1. The zero-order chi connectivity index (χ0) is 19.2. The molecule has 0 saturated heterocycles. The molecule has 1 aromatic carbocycles. The zero-order valence-corrected chi connectivity index (χ0v) is 15.8. The van der Waals surface area contributed by atoms with Crippen molar-refractivity contribution < 1.29 is 22.7 Å². The van der Waals surface area contributed by atoms with E-state index in [1.54, 1.807) is 43.6 Å². The van der Waals surface area contributed by atoms with E-state index in [2.05, 4.69) is 4.98 Å². The molecule has 8 heteroatoms. The van der Waals surface area contributed by atoms with Crippen LogP contribution in [0, 0.1) is 0 Å². The lowest BCUT2D eigenvalue weighted by Crippen LogP contribution is -2.44. The van der Waals surface area contributed by atoms with Crippen molar-refractivity contribution in [2.24, 2.45) is 0 Å². The van der Waals surface area contributed by atoms with Crippen LogP contribution >= 0.6 is 0 Å². The Labute approximate surface area is 153 Å². The SMILES string of the molecule is CC[C@H](C(=O)OC)N(Cc1cccnc1)S(=O)(=O)c1ccc(OC)cc1.